The molecule has 0 aliphatic carbocycles. The van der Waals surface area contributed by atoms with Gasteiger partial charge in [-0.3, -0.25) is 14.9 Å². The number of hydrogen-bond acceptors (Lipinski definition) is 7. The highest BCUT2D eigenvalue weighted by Crippen LogP contribution is 2.35. The fourth-order valence-corrected chi connectivity index (χ4v) is 5.14. The molecule has 4 rings (SSSR count). The predicted molar refractivity (Wildman–Crippen MR) is 121 cm³/mol. The summed E-state index contributed by atoms with van der Waals surface area (Å²) in [6, 6.07) is 17.7. The predicted octanol–water partition coefficient (Wildman–Crippen LogP) is 4.03. The van der Waals surface area contributed by atoms with Crippen LogP contribution in [0.1, 0.15) is 16.1 Å². The van der Waals surface area contributed by atoms with E-state index in [4.69, 9.17) is 9.47 Å². The van der Waals surface area contributed by atoms with Gasteiger partial charge in [-0.15, -0.1) is 0 Å². The fraction of sp³-hybridized carbons (Fsp3) is 0.0870. The van der Waals surface area contributed by atoms with Crippen molar-refractivity contribution in [1.82, 2.24) is 3.97 Å². The summed E-state index contributed by atoms with van der Waals surface area (Å²) in [5.74, 6) is -0.487. The van der Waals surface area contributed by atoms with Crippen molar-refractivity contribution in [3.05, 3.63) is 94.2 Å². The largest absolute Gasteiger partial charge is 0.497 e. The van der Waals surface area contributed by atoms with Crippen LogP contribution < -0.4 is 9.47 Å². The average Bonchev–Trinajstić information content (AvgIpc) is 3.22. The van der Waals surface area contributed by atoms with Crippen molar-refractivity contribution in [3.8, 4) is 11.5 Å². The number of methoxy groups -OCH3 is 2. The van der Waals surface area contributed by atoms with E-state index in [0.717, 1.165) is 3.97 Å². The molecule has 33 heavy (non-hydrogen) atoms. The van der Waals surface area contributed by atoms with Crippen LogP contribution in [0.2, 0.25) is 0 Å². The Morgan fingerprint density at radius 3 is 2.30 bits per heavy atom. The van der Waals surface area contributed by atoms with E-state index in [9.17, 15) is 23.3 Å². The number of nitrogens with zero attached hydrogens (tertiary/aromatic N) is 2. The third kappa shape index (κ3) is 3.70. The minimum atomic E-state index is -4.22. The first-order chi connectivity index (χ1) is 15.8. The summed E-state index contributed by atoms with van der Waals surface area (Å²) in [6.07, 6.45) is 0. The van der Waals surface area contributed by atoms with Crippen molar-refractivity contribution >= 4 is 32.4 Å². The molecule has 1 aromatic heterocycles. The molecule has 0 bridgehead atoms. The van der Waals surface area contributed by atoms with Crippen molar-refractivity contribution in [3.63, 3.8) is 0 Å². The monoisotopic (exact) mass is 466 g/mol. The zero-order valence-corrected chi connectivity index (χ0v) is 18.4. The van der Waals surface area contributed by atoms with Gasteiger partial charge in [0.05, 0.1) is 29.6 Å². The number of ketones is 1. The van der Waals surface area contributed by atoms with Crippen LogP contribution in [0.3, 0.4) is 0 Å². The van der Waals surface area contributed by atoms with Crippen LogP contribution in [0.15, 0.2) is 77.7 Å². The number of benzene rings is 3. The molecule has 1 heterocycles. The van der Waals surface area contributed by atoms with Crippen LogP contribution >= 0.6 is 0 Å². The number of nitro groups is 1. The Labute approximate surface area is 189 Å². The van der Waals surface area contributed by atoms with E-state index in [-0.39, 0.29) is 27.4 Å². The summed E-state index contributed by atoms with van der Waals surface area (Å²) in [7, 11) is -1.51. The van der Waals surface area contributed by atoms with E-state index in [0.29, 0.717) is 11.1 Å². The zero-order chi connectivity index (χ0) is 23.8. The van der Waals surface area contributed by atoms with E-state index in [1.54, 1.807) is 30.3 Å². The van der Waals surface area contributed by atoms with E-state index >= 15 is 0 Å². The number of fused-ring (bicyclic) bond motifs is 1. The molecule has 0 saturated heterocycles. The lowest BCUT2D eigenvalue weighted by molar-refractivity contribution is -0.386. The molecule has 10 heteroatoms. The molecule has 0 fully saturated rings. The van der Waals surface area contributed by atoms with Gasteiger partial charge in [0.1, 0.15) is 17.0 Å². The summed E-state index contributed by atoms with van der Waals surface area (Å²) in [5, 5.41) is 12.1. The molecule has 0 radical (unpaired) electrons. The van der Waals surface area contributed by atoms with Crippen molar-refractivity contribution in [1.29, 1.82) is 0 Å². The van der Waals surface area contributed by atoms with E-state index in [1.165, 1.54) is 56.7 Å². The second kappa shape index (κ2) is 8.40. The van der Waals surface area contributed by atoms with Crippen LogP contribution in [-0.2, 0) is 10.0 Å². The van der Waals surface area contributed by atoms with Gasteiger partial charge in [0, 0.05) is 5.39 Å². The SMILES string of the molecule is COc1ccc2c(c1)cc(C(=O)c1cccc(OC)c1[N+](=O)[O-])n2S(=O)(=O)c1ccccc1. The van der Waals surface area contributed by atoms with Crippen LogP contribution in [-0.4, -0.2) is 37.3 Å². The Kier molecular flexibility index (Phi) is 5.60. The third-order valence-electron chi connectivity index (χ3n) is 5.12. The van der Waals surface area contributed by atoms with Crippen LogP contribution in [0, 0.1) is 10.1 Å². The highest BCUT2D eigenvalue weighted by atomic mass is 32.2. The topological polar surface area (TPSA) is 118 Å². The number of carbonyl (C=O) groups is 1. The number of nitro benzene ring substituents is 1. The highest BCUT2D eigenvalue weighted by Gasteiger charge is 2.32. The van der Waals surface area contributed by atoms with Gasteiger partial charge in [0.15, 0.2) is 5.75 Å². The standard InChI is InChI=1S/C23H18N2O7S/c1-31-16-11-12-19-15(13-16)14-20(24(19)33(29,30)17-7-4-3-5-8-17)23(26)18-9-6-10-21(32-2)22(18)25(27)28/h3-14H,1-2H3. The fourth-order valence-electron chi connectivity index (χ4n) is 3.61. The summed E-state index contributed by atoms with van der Waals surface area (Å²) < 4.78 is 38.3. The number of aromatic nitrogens is 1. The van der Waals surface area contributed by atoms with Gasteiger partial charge in [-0.05, 0) is 48.5 Å². The zero-order valence-electron chi connectivity index (χ0n) is 17.6. The van der Waals surface area contributed by atoms with Gasteiger partial charge in [-0.1, -0.05) is 24.3 Å². The average molecular weight is 466 g/mol. The normalized spacial score (nSPS) is 11.3. The lowest BCUT2D eigenvalue weighted by atomic mass is 10.1. The van der Waals surface area contributed by atoms with Gasteiger partial charge in [-0.2, -0.15) is 0 Å². The number of para-hydroxylation sites is 1. The first-order valence-electron chi connectivity index (χ1n) is 9.65. The summed E-state index contributed by atoms with van der Waals surface area (Å²) in [5.41, 5.74) is -0.859. The third-order valence-corrected chi connectivity index (χ3v) is 6.87. The molecule has 0 aliphatic rings. The molecule has 0 spiro atoms. The smallest absolute Gasteiger partial charge is 0.322 e. The first-order valence-corrected chi connectivity index (χ1v) is 11.1. The van der Waals surface area contributed by atoms with Crippen LogP contribution in [0.5, 0.6) is 11.5 Å². The lowest BCUT2D eigenvalue weighted by Crippen LogP contribution is -2.19. The highest BCUT2D eigenvalue weighted by molar-refractivity contribution is 7.90. The van der Waals surface area contributed by atoms with Crippen LogP contribution in [0.4, 0.5) is 5.69 Å². The van der Waals surface area contributed by atoms with Gasteiger partial charge >= 0.3 is 5.69 Å². The molecular formula is C23H18N2O7S. The van der Waals surface area contributed by atoms with Gasteiger partial charge < -0.3 is 9.47 Å². The molecule has 0 unspecified atom stereocenters. The first kappa shape index (κ1) is 22.0. The second-order valence-electron chi connectivity index (χ2n) is 6.98. The summed E-state index contributed by atoms with van der Waals surface area (Å²) in [6.45, 7) is 0. The minimum absolute atomic E-state index is 0.0347. The number of ether oxygens (including phenoxy) is 2. The molecule has 0 N–H and O–H groups in total. The van der Waals surface area contributed by atoms with Crippen molar-refractivity contribution in [2.24, 2.45) is 0 Å². The van der Waals surface area contributed by atoms with Gasteiger partial charge in [0.25, 0.3) is 10.0 Å². The van der Waals surface area contributed by atoms with Crippen molar-refractivity contribution < 1.29 is 27.6 Å². The maximum absolute atomic E-state index is 13.6. The molecule has 168 valence electrons. The number of hydrogen-bond donors (Lipinski definition) is 0. The Morgan fingerprint density at radius 1 is 0.939 bits per heavy atom. The number of carbonyl (C=O) groups excluding carboxylic acids is 1. The summed E-state index contributed by atoms with van der Waals surface area (Å²) in [4.78, 5) is 24.6. The maximum atomic E-state index is 13.6. The molecule has 3 aromatic carbocycles. The quantitative estimate of drug-likeness (QED) is 0.229. The molecule has 4 aromatic rings. The van der Waals surface area contributed by atoms with Crippen LogP contribution in [0.25, 0.3) is 10.9 Å². The molecule has 0 atom stereocenters. The molecule has 0 saturated carbocycles. The van der Waals surface area contributed by atoms with Gasteiger partial charge in [0.2, 0.25) is 5.78 Å². The molecular weight excluding hydrogens is 448 g/mol. The Hall–Kier alpha value is -4.18. The Morgan fingerprint density at radius 2 is 1.67 bits per heavy atom. The van der Waals surface area contributed by atoms with E-state index in [1.807, 2.05) is 0 Å². The van der Waals surface area contributed by atoms with E-state index in [2.05, 4.69) is 0 Å². The molecule has 9 nitrogen and oxygen atoms in total. The maximum Gasteiger partial charge on any atom is 0.322 e. The van der Waals surface area contributed by atoms with E-state index < -0.39 is 26.4 Å². The Bertz CT molecular complexity index is 1490. The Balaban J connectivity index is 2.04. The molecule has 0 amide bonds. The minimum Gasteiger partial charge on any atom is -0.497 e. The van der Waals surface area contributed by atoms with Crippen molar-refractivity contribution in [2.75, 3.05) is 14.2 Å². The number of rotatable bonds is 7. The van der Waals surface area contributed by atoms with Gasteiger partial charge in [-0.25, -0.2) is 12.4 Å². The summed E-state index contributed by atoms with van der Waals surface area (Å²) >= 11 is 0. The lowest BCUT2D eigenvalue weighted by Gasteiger charge is -2.12. The van der Waals surface area contributed by atoms with Crippen molar-refractivity contribution in [2.45, 2.75) is 4.90 Å². The molecule has 0 aliphatic heterocycles. The second-order valence-corrected chi connectivity index (χ2v) is 8.77.